The van der Waals surface area contributed by atoms with Gasteiger partial charge in [-0.25, -0.2) is 0 Å². The van der Waals surface area contributed by atoms with Crippen LogP contribution in [0.25, 0.3) is 0 Å². The molecule has 3 unspecified atom stereocenters. The summed E-state index contributed by atoms with van der Waals surface area (Å²) in [6.07, 6.45) is 2.50. The molecule has 2 heterocycles. The molecule has 2 N–H and O–H groups in total. The minimum Gasteiger partial charge on any atom is -0.347 e. The number of nitrogens with two attached hydrogens (primary N) is 1. The predicted octanol–water partition coefficient (Wildman–Crippen LogP) is 1.20. The molecule has 0 aromatic carbocycles. The van der Waals surface area contributed by atoms with Gasteiger partial charge < -0.3 is 20.1 Å². The Labute approximate surface area is 104 Å². The third-order valence-electron chi connectivity index (χ3n) is 4.14. The number of hydrogen-bond acceptors (Lipinski definition) is 4. The molecule has 4 nitrogen and oxygen atoms in total. The maximum absolute atomic E-state index is 5.99. The van der Waals surface area contributed by atoms with Crippen LogP contribution in [-0.4, -0.2) is 49.1 Å². The van der Waals surface area contributed by atoms with Gasteiger partial charge in [0.2, 0.25) is 0 Å². The van der Waals surface area contributed by atoms with Crippen molar-refractivity contribution in [2.45, 2.75) is 51.5 Å². The molecule has 100 valence electrons. The van der Waals surface area contributed by atoms with Gasteiger partial charge in [0, 0.05) is 25.0 Å². The molecule has 0 saturated carbocycles. The Morgan fingerprint density at radius 3 is 2.82 bits per heavy atom. The summed E-state index contributed by atoms with van der Waals surface area (Å²) < 4.78 is 11.9. The van der Waals surface area contributed by atoms with Crippen molar-refractivity contribution in [2.75, 3.05) is 26.2 Å². The van der Waals surface area contributed by atoms with Crippen LogP contribution < -0.4 is 5.73 Å². The summed E-state index contributed by atoms with van der Waals surface area (Å²) in [5.41, 5.74) is 5.64. The molecule has 0 spiro atoms. The zero-order chi connectivity index (χ0) is 12.5. The van der Waals surface area contributed by atoms with Gasteiger partial charge in [-0.15, -0.1) is 0 Å². The molecule has 0 radical (unpaired) electrons. The van der Waals surface area contributed by atoms with Crippen LogP contribution >= 0.6 is 0 Å². The summed E-state index contributed by atoms with van der Waals surface area (Å²) >= 11 is 0. The fraction of sp³-hybridized carbons (Fsp3) is 1.00. The highest BCUT2D eigenvalue weighted by Crippen LogP contribution is 2.36. The van der Waals surface area contributed by atoms with E-state index in [1.165, 1.54) is 19.4 Å². The minimum atomic E-state index is -0.419. The molecule has 0 aromatic heterocycles. The largest absolute Gasteiger partial charge is 0.347 e. The molecule has 4 heteroatoms. The van der Waals surface area contributed by atoms with Crippen molar-refractivity contribution in [3.05, 3.63) is 0 Å². The quantitative estimate of drug-likeness (QED) is 0.808. The third-order valence-corrected chi connectivity index (χ3v) is 4.14. The number of ether oxygens (including phenoxy) is 2. The SMILES string of the molecule is CC(C)N1CCCC(C2(C)OCC(CN)O2)C1. The monoisotopic (exact) mass is 242 g/mol. The number of likely N-dealkylation sites (tertiary alicyclic amines) is 1. The molecule has 0 aliphatic carbocycles. The molecule has 0 bridgehead atoms. The molecule has 2 aliphatic rings. The van der Waals surface area contributed by atoms with Gasteiger partial charge in [0.05, 0.1) is 12.7 Å². The highest BCUT2D eigenvalue weighted by molar-refractivity contribution is 4.87. The van der Waals surface area contributed by atoms with Crippen molar-refractivity contribution in [3.63, 3.8) is 0 Å². The smallest absolute Gasteiger partial charge is 0.170 e. The Hall–Kier alpha value is -0.160. The normalized spacial score (nSPS) is 40.1. The van der Waals surface area contributed by atoms with E-state index in [-0.39, 0.29) is 6.10 Å². The molecular weight excluding hydrogens is 216 g/mol. The van der Waals surface area contributed by atoms with E-state index in [4.69, 9.17) is 15.2 Å². The first-order chi connectivity index (χ1) is 8.05. The molecule has 17 heavy (non-hydrogen) atoms. The van der Waals surface area contributed by atoms with Crippen LogP contribution in [0.3, 0.4) is 0 Å². The van der Waals surface area contributed by atoms with Gasteiger partial charge in [-0.3, -0.25) is 0 Å². The fourth-order valence-electron chi connectivity index (χ4n) is 2.89. The predicted molar refractivity (Wildman–Crippen MR) is 67.7 cm³/mol. The van der Waals surface area contributed by atoms with E-state index < -0.39 is 5.79 Å². The van der Waals surface area contributed by atoms with Crippen molar-refractivity contribution >= 4 is 0 Å². The fourth-order valence-corrected chi connectivity index (χ4v) is 2.89. The van der Waals surface area contributed by atoms with Crippen molar-refractivity contribution in [1.82, 2.24) is 4.90 Å². The van der Waals surface area contributed by atoms with E-state index in [1.807, 2.05) is 0 Å². The van der Waals surface area contributed by atoms with Crippen molar-refractivity contribution in [2.24, 2.45) is 11.7 Å². The topological polar surface area (TPSA) is 47.7 Å². The van der Waals surface area contributed by atoms with Crippen molar-refractivity contribution < 1.29 is 9.47 Å². The van der Waals surface area contributed by atoms with Gasteiger partial charge >= 0.3 is 0 Å². The lowest BCUT2D eigenvalue weighted by atomic mass is 9.90. The van der Waals surface area contributed by atoms with Crippen LogP contribution in [0, 0.1) is 5.92 Å². The molecule has 2 fully saturated rings. The Kier molecular flexibility index (Phi) is 4.08. The second kappa shape index (κ2) is 5.22. The summed E-state index contributed by atoms with van der Waals surface area (Å²) in [6, 6.07) is 0.605. The lowest BCUT2D eigenvalue weighted by molar-refractivity contribution is -0.201. The molecule has 2 rings (SSSR count). The maximum atomic E-state index is 5.99. The Morgan fingerprint density at radius 1 is 1.47 bits per heavy atom. The first-order valence-electron chi connectivity index (χ1n) is 6.81. The maximum Gasteiger partial charge on any atom is 0.170 e. The number of nitrogens with zero attached hydrogens (tertiary/aromatic N) is 1. The van der Waals surface area contributed by atoms with E-state index in [2.05, 4.69) is 25.7 Å². The zero-order valence-electron chi connectivity index (χ0n) is 11.3. The molecule has 2 aliphatic heterocycles. The Balaban J connectivity index is 1.97. The lowest BCUT2D eigenvalue weighted by Crippen LogP contribution is -2.49. The average Bonchev–Trinajstić information content (AvgIpc) is 2.73. The second-order valence-corrected chi connectivity index (χ2v) is 5.73. The van der Waals surface area contributed by atoms with Gasteiger partial charge in [0.25, 0.3) is 0 Å². The highest BCUT2D eigenvalue weighted by Gasteiger charge is 2.45. The van der Waals surface area contributed by atoms with Gasteiger partial charge in [0.1, 0.15) is 0 Å². The standard InChI is InChI=1S/C13H26N2O2/c1-10(2)15-6-4-5-11(8-15)13(3)16-9-12(7-14)17-13/h10-12H,4-9,14H2,1-3H3. The molecule has 0 amide bonds. The first kappa shape index (κ1) is 13.3. The van der Waals surface area contributed by atoms with Gasteiger partial charge in [-0.05, 0) is 40.2 Å². The Morgan fingerprint density at radius 2 is 2.24 bits per heavy atom. The van der Waals surface area contributed by atoms with Crippen LogP contribution in [0.15, 0.2) is 0 Å². The summed E-state index contributed by atoms with van der Waals surface area (Å²) in [6.45, 7) is 10.1. The minimum absolute atomic E-state index is 0.0782. The van der Waals surface area contributed by atoms with Crippen LogP contribution in [0.4, 0.5) is 0 Å². The van der Waals surface area contributed by atoms with Crippen molar-refractivity contribution in [1.29, 1.82) is 0 Å². The number of hydrogen-bond donors (Lipinski definition) is 1. The molecule has 3 atom stereocenters. The second-order valence-electron chi connectivity index (χ2n) is 5.73. The van der Waals surface area contributed by atoms with Crippen LogP contribution in [0.5, 0.6) is 0 Å². The molecule has 2 saturated heterocycles. The third kappa shape index (κ3) is 2.81. The highest BCUT2D eigenvalue weighted by atomic mass is 16.7. The van der Waals surface area contributed by atoms with Crippen molar-refractivity contribution in [3.8, 4) is 0 Å². The Bertz CT molecular complexity index is 260. The molecular formula is C13H26N2O2. The van der Waals surface area contributed by atoms with Crippen LogP contribution in [-0.2, 0) is 9.47 Å². The lowest BCUT2D eigenvalue weighted by Gasteiger charge is -2.41. The summed E-state index contributed by atoms with van der Waals surface area (Å²) in [7, 11) is 0. The van der Waals surface area contributed by atoms with E-state index in [9.17, 15) is 0 Å². The van der Waals surface area contributed by atoms with Gasteiger partial charge in [-0.1, -0.05) is 0 Å². The van der Waals surface area contributed by atoms with E-state index in [0.717, 1.165) is 6.54 Å². The first-order valence-corrected chi connectivity index (χ1v) is 6.81. The summed E-state index contributed by atoms with van der Waals surface area (Å²) in [5.74, 6) is 0.0487. The van der Waals surface area contributed by atoms with Crippen LogP contribution in [0.1, 0.15) is 33.6 Å². The summed E-state index contributed by atoms with van der Waals surface area (Å²) in [4.78, 5) is 2.52. The van der Waals surface area contributed by atoms with Crippen LogP contribution in [0.2, 0.25) is 0 Å². The number of rotatable bonds is 3. The molecule has 0 aromatic rings. The van der Waals surface area contributed by atoms with Gasteiger partial charge in [-0.2, -0.15) is 0 Å². The summed E-state index contributed by atoms with van der Waals surface area (Å²) in [5, 5.41) is 0. The average molecular weight is 242 g/mol. The zero-order valence-corrected chi connectivity index (χ0v) is 11.3. The van der Waals surface area contributed by atoms with E-state index >= 15 is 0 Å². The van der Waals surface area contributed by atoms with Gasteiger partial charge in [0.15, 0.2) is 5.79 Å². The van der Waals surface area contributed by atoms with E-state index in [1.54, 1.807) is 0 Å². The number of piperidine rings is 1. The van der Waals surface area contributed by atoms with E-state index in [0.29, 0.717) is 25.1 Å².